The molecule has 190 valence electrons. The first-order chi connectivity index (χ1) is 18.7. The molecule has 5 aromatic rings. The Kier molecular flexibility index (Phi) is 7.14. The maximum absolute atomic E-state index is 13.3. The van der Waals surface area contributed by atoms with E-state index in [1.165, 1.54) is 10.5 Å². The van der Waals surface area contributed by atoms with E-state index in [-0.39, 0.29) is 5.91 Å². The van der Waals surface area contributed by atoms with Crippen LogP contribution < -0.4 is 4.31 Å². The highest BCUT2D eigenvalue weighted by Crippen LogP contribution is 2.32. The molecule has 0 spiro atoms. The van der Waals surface area contributed by atoms with Crippen LogP contribution >= 0.6 is 11.9 Å². The van der Waals surface area contributed by atoms with Crippen molar-refractivity contribution in [2.24, 2.45) is 0 Å². The molecule has 1 amide bonds. The standard InChI is InChI=1S/C32H30N4OS/c37-32(35-21-19-25(20-22-35)31-33-29-13-7-8-14-30(29)34-31)26-15-17-27(18-16-26)36(23-24-9-3-1-4-10-24)38-28-11-5-2-6-12-28/h1-18,25H,19-23H2,(H,33,34). The molecule has 1 saturated heterocycles. The van der Waals surface area contributed by atoms with Crippen molar-refractivity contribution in [1.29, 1.82) is 0 Å². The third-order valence-corrected chi connectivity index (χ3v) is 8.15. The van der Waals surface area contributed by atoms with E-state index in [2.05, 4.69) is 76.0 Å². The number of hydrogen-bond donors (Lipinski definition) is 1. The van der Waals surface area contributed by atoms with Gasteiger partial charge in [0.1, 0.15) is 5.82 Å². The van der Waals surface area contributed by atoms with Gasteiger partial charge in [0.05, 0.1) is 17.6 Å². The average molecular weight is 519 g/mol. The molecule has 1 fully saturated rings. The number of carbonyl (C=O) groups is 1. The minimum absolute atomic E-state index is 0.102. The molecule has 1 N–H and O–H groups in total. The Morgan fingerprint density at radius 3 is 2.21 bits per heavy atom. The number of aromatic nitrogens is 2. The smallest absolute Gasteiger partial charge is 0.253 e. The second-order valence-corrected chi connectivity index (χ2v) is 10.8. The lowest BCUT2D eigenvalue weighted by atomic mass is 9.95. The highest BCUT2D eigenvalue weighted by Gasteiger charge is 2.26. The number of rotatable bonds is 7. The molecular weight excluding hydrogens is 488 g/mol. The predicted molar refractivity (Wildman–Crippen MR) is 155 cm³/mol. The van der Waals surface area contributed by atoms with E-state index in [4.69, 9.17) is 4.98 Å². The third-order valence-electron chi connectivity index (χ3n) is 7.11. The molecule has 4 aromatic carbocycles. The molecule has 5 nitrogen and oxygen atoms in total. The van der Waals surface area contributed by atoms with Crippen LogP contribution in [0.2, 0.25) is 0 Å². The summed E-state index contributed by atoms with van der Waals surface area (Å²) in [7, 11) is 0. The van der Waals surface area contributed by atoms with E-state index in [0.717, 1.165) is 60.6 Å². The fraction of sp³-hybridized carbons (Fsp3) is 0.188. The Hall–Kier alpha value is -4.03. The van der Waals surface area contributed by atoms with Crippen molar-refractivity contribution in [3.8, 4) is 0 Å². The maximum Gasteiger partial charge on any atom is 0.253 e. The summed E-state index contributed by atoms with van der Waals surface area (Å²) in [5.41, 5.74) is 5.13. The summed E-state index contributed by atoms with van der Waals surface area (Å²) in [5, 5.41) is 0. The van der Waals surface area contributed by atoms with E-state index < -0.39 is 0 Å². The van der Waals surface area contributed by atoms with Crippen LogP contribution in [0.25, 0.3) is 11.0 Å². The van der Waals surface area contributed by atoms with Crippen LogP contribution in [-0.2, 0) is 6.54 Å². The Morgan fingerprint density at radius 1 is 0.842 bits per heavy atom. The molecule has 6 rings (SSSR count). The first-order valence-electron chi connectivity index (χ1n) is 13.1. The van der Waals surface area contributed by atoms with Gasteiger partial charge in [0, 0.05) is 35.2 Å². The molecule has 0 atom stereocenters. The number of H-pyrrole nitrogens is 1. The van der Waals surface area contributed by atoms with Crippen LogP contribution in [-0.4, -0.2) is 33.9 Å². The number of anilines is 1. The van der Waals surface area contributed by atoms with Crippen LogP contribution in [0.3, 0.4) is 0 Å². The zero-order valence-corrected chi connectivity index (χ0v) is 22.0. The van der Waals surface area contributed by atoms with Crippen molar-refractivity contribution in [3.05, 3.63) is 126 Å². The van der Waals surface area contributed by atoms with Gasteiger partial charge in [-0.1, -0.05) is 60.7 Å². The predicted octanol–water partition coefficient (Wildman–Crippen LogP) is 7.30. The zero-order chi connectivity index (χ0) is 25.7. The van der Waals surface area contributed by atoms with Gasteiger partial charge in [0.2, 0.25) is 0 Å². The normalized spacial score (nSPS) is 14.1. The number of benzene rings is 4. The van der Waals surface area contributed by atoms with E-state index in [0.29, 0.717) is 5.92 Å². The van der Waals surface area contributed by atoms with Crippen LogP contribution in [0.15, 0.2) is 114 Å². The van der Waals surface area contributed by atoms with Crippen LogP contribution in [0.4, 0.5) is 5.69 Å². The molecule has 0 unspecified atom stereocenters. The van der Waals surface area contributed by atoms with Crippen molar-refractivity contribution >= 4 is 34.6 Å². The van der Waals surface area contributed by atoms with E-state index in [1.54, 1.807) is 11.9 Å². The van der Waals surface area contributed by atoms with Crippen molar-refractivity contribution in [2.45, 2.75) is 30.2 Å². The summed E-state index contributed by atoms with van der Waals surface area (Å²) in [5.74, 6) is 1.50. The summed E-state index contributed by atoms with van der Waals surface area (Å²) in [4.78, 5) is 24.7. The van der Waals surface area contributed by atoms with E-state index in [9.17, 15) is 4.79 Å². The quantitative estimate of drug-likeness (QED) is 0.230. The van der Waals surface area contributed by atoms with Gasteiger partial charge in [-0.05, 0) is 78.9 Å². The zero-order valence-electron chi connectivity index (χ0n) is 21.2. The molecule has 1 aliphatic heterocycles. The number of aromatic amines is 1. The lowest BCUT2D eigenvalue weighted by molar-refractivity contribution is 0.0711. The second kappa shape index (κ2) is 11.2. The van der Waals surface area contributed by atoms with Gasteiger partial charge in [0.15, 0.2) is 0 Å². The second-order valence-electron chi connectivity index (χ2n) is 9.68. The third kappa shape index (κ3) is 5.46. The number of amides is 1. The fourth-order valence-electron chi connectivity index (χ4n) is 5.01. The summed E-state index contributed by atoms with van der Waals surface area (Å²) < 4.78 is 2.28. The Balaban J connectivity index is 1.13. The van der Waals surface area contributed by atoms with Crippen LogP contribution in [0, 0.1) is 0 Å². The van der Waals surface area contributed by atoms with E-state index >= 15 is 0 Å². The number of hydrogen-bond acceptors (Lipinski definition) is 4. The lowest BCUT2D eigenvalue weighted by Gasteiger charge is -2.31. The minimum Gasteiger partial charge on any atom is -0.342 e. The monoisotopic (exact) mass is 518 g/mol. The van der Waals surface area contributed by atoms with Crippen molar-refractivity contribution < 1.29 is 4.79 Å². The van der Waals surface area contributed by atoms with Gasteiger partial charge in [0.25, 0.3) is 5.91 Å². The highest BCUT2D eigenvalue weighted by atomic mass is 32.2. The molecule has 0 saturated carbocycles. The average Bonchev–Trinajstić information content (AvgIpc) is 3.42. The molecular formula is C32H30N4OS. The molecule has 1 aromatic heterocycles. The number of fused-ring (bicyclic) bond motifs is 1. The Bertz CT molecular complexity index is 1420. The fourth-order valence-corrected chi connectivity index (χ4v) is 5.98. The van der Waals surface area contributed by atoms with Gasteiger partial charge in [-0.15, -0.1) is 0 Å². The molecule has 38 heavy (non-hydrogen) atoms. The first-order valence-corrected chi connectivity index (χ1v) is 13.9. The molecule has 0 aliphatic carbocycles. The Morgan fingerprint density at radius 2 is 1.50 bits per heavy atom. The first kappa shape index (κ1) is 24.3. The van der Waals surface area contributed by atoms with Gasteiger partial charge in [-0.2, -0.15) is 0 Å². The summed E-state index contributed by atoms with van der Waals surface area (Å²) in [6.45, 7) is 2.25. The van der Waals surface area contributed by atoms with Crippen LogP contribution in [0.1, 0.15) is 40.5 Å². The van der Waals surface area contributed by atoms with Crippen molar-refractivity contribution in [3.63, 3.8) is 0 Å². The van der Waals surface area contributed by atoms with Gasteiger partial charge < -0.3 is 14.2 Å². The van der Waals surface area contributed by atoms with Gasteiger partial charge in [-0.3, -0.25) is 4.79 Å². The van der Waals surface area contributed by atoms with Crippen molar-refractivity contribution in [2.75, 3.05) is 17.4 Å². The number of nitrogens with zero attached hydrogens (tertiary/aromatic N) is 3. The molecule has 0 radical (unpaired) electrons. The lowest BCUT2D eigenvalue weighted by Crippen LogP contribution is -2.38. The van der Waals surface area contributed by atoms with Crippen LogP contribution in [0.5, 0.6) is 0 Å². The highest BCUT2D eigenvalue weighted by molar-refractivity contribution is 8.00. The molecule has 1 aliphatic rings. The van der Waals surface area contributed by atoms with Gasteiger partial charge >= 0.3 is 0 Å². The number of likely N-dealkylation sites (tertiary alicyclic amines) is 1. The van der Waals surface area contributed by atoms with E-state index in [1.807, 2.05) is 47.4 Å². The summed E-state index contributed by atoms with van der Waals surface area (Å²) >= 11 is 1.71. The summed E-state index contributed by atoms with van der Waals surface area (Å²) in [6, 6.07) is 37.1. The number of imidazole rings is 1. The summed E-state index contributed by atoms with van der Waals surface area (Å²) in [6.07, 6.45) is 1.84. The van der Waals surface area contributed by atoms with Gasteiger partial charge in [-0.25, -0.2) is 4.98 Å². The Labute approximate surface area is 227 Å². The number of carbonyl (C=O) groups excluding carboxylic acids is 1. The maximum atomic E-state index is 13.3. The topological polar surface area (TPSA) is 52.2 Å². The number of piperidine rings is 1. The number of nitrogens with one attached hydrogen (secondary N) is 1. The minimum atomic E-state index is 0.102. The molecule has 6 heteroatoms. The van der Waals surface area contributed by atoms with Crippen molar-refractivity contribution in [1.82, 2.24) is 14.9 Å². The largest absolute Gasteiger partial charge is 0.342 e. The molecule has 2 heterocycles. The SMILES string of the molecule is O=C(c1ccc(N(Cc2ccccc2)Sc2ccccc2)cc1)N1CCC(c2nc3ccccc3[nH]2)CC1. The molecule has 0 bridgehead atoms. The number of para-hydroxylation sites is 2.